The predicted molar refractivity (Wildman–Crippen MR) is 137 cm³/mol. The number of halogens is 5. The van der Waals surface area contributed by atoms with Gasteiger partial charge in [0.25, 0.3) is 10.0 Å². The van der Waals surface area contributed by atoms with Crippen LogP contribution in [0.2, 0.25) is 5.02 Å². The van der Waals surface area contributed by atoms with Crippen molar-refractivity contribution in [2.45, 2.75) is 48.3 Å². The average molecular weight is 578 g/mol. The molecular weight excluding hydrogens is 546 g/mol. The SMILES string of the molecule is [2H]C([2H])([2H])N([C@H]1C[C@@H](c2cccc(C(F)(F)F)c2)CC[C@@H]1Nc1cc(F)c(S(=O)(=O)Nc2ccncn2)cc1Cl)C([2H])([2H])[2H]. The van der Waals surface area contributed by atoms with Crippen molar-refractivity contribution >= 4 is 33.1 Å². The van der Waals surface area contributed by atoms with E-state index in [1.807, 2.05) is 0 Å². The Balaban J connectivity index is 1.68. The Labute approximate surface area is 231 Å². The van der Waals surface area contributed by atoms with Gasteiger partial charge in [0.05, 0.1) is 16.3 Å². The van der Waals surface area contributed by atoms with Gasteiger partial charge in [0.15, 0.2) is 0 Å². The summed E-state index contributed by atoms with van der Waals surface area (Å²) in [6.07, 6.45) is -2.18. The molecule has 1 aromatic heterocycles. The zero-order valence-corrected chi connectivity index (χ0v) is 21.1. The lowest BCUT2D eigenvalue weighted by Crippen LogP contribution is -2.47. The van der Waals surface area contributed by atoms with Crippen molar-refractivity contribution in [3.05, 3.63) is 77.0 Å². The van der Waals surface area contributed by atoms with Crippen LogP contribution in [0.1, 0.15) is 44.5 Å². The largest absolute Gasteiger partial charge is 0.416 e. The lowest BCUT2D eigenvalue weighted by atomic mass is 9.78. The van der Waals surface area contributed by atoms with Gasteiger partial charge >= 0.3 is 6.18 Å². The molecule has 0 radical (unpaired) electrons. The highest BCUT2D eigenvalue weighted by Crippen LogP contribution is 2.39. The monoisotopic (exact) mass is 577 g/mol. The second kappa shape index (κ2) is 11.0. The lowest BCUT2D eigenvalue weighted by Gasteiger charge is -2.41. The Kier molecular flexibility index (Phi) is 6.08. The molecule has 13 heteroatoms. The summed E-state index contributed by atoms with van der Waals surface area (Å²) in [5.41, 5.74) is -0.787. The van der Waals surface area contributed by atoms with E-state index in [1.54, 1.807) is 0 Å². The van der Waals surface area contributed by atoms with Crippen LogP contribution in [-0.4, -0.2) is 49.3 Å². The minimum absolute atomic E-state index is 0.0570. The van der Waals surface area contributed by atoms with Crippen molar-refractivity contribution in [2.24, 2.45) is 0 Å². The molecule has 2 N–H and O–H groups in total. The Hall–Kier alpha value is -2.96. The number of nitrogens with one attached hydrogen (secondary N) is 2. The minimum atomic E-state index is -4.62. The number of anilines is 2. The van der Waals surface area contributed by atoms with Crippen molar-refractivity contribution in [3.63, 3.8) is 0 Å². The molecule has 0 amide bonds. The molecule has 0 saturated heterocycles. The molecule has 7 nitrogen and oxygen atoms in total. The van der Waals surface area contributed by atoms with Gasteiger partial charge in [-0.25, -0.2) is 22.8 Å². The van der Waals surface area contributed by atoms with Gasteiger partial charge in [-0.1, -0.05) is 29.8 Å². The summed E-state index contributed by atoms with van der Waals surface area (Å²) in [6, 6.07) is 5.08. The number of sulfonamides is 1. The molecule has 4 rings (SSSR count). The van der Waals surface area contributed by atoms with E-state index < -0.39 is 64.4 Å². The molecule has 0 spiro atoms. The number of benzene rings is 2. The van der Waals surface area contributed by atoms with Crippen LogP contribution in [0.4, 0.5) is 29.1 Å². The van der Waals surface area contributed by atoms with E-state index in [1.165, 1.54) is 24.4 Å². The zero-order valence-electron chi connectivity index (χ0n) is 25.5. The van der Waals surface area contributed by atoms with Crippen LogP contribution in [0, 0.1) is 5.82 Å². The fraction of sp³-hybridized carbons (Fsp3) is 0.360. The van der Waals surface area contributed by atoms with E-state index in [-0.39, 0.29) is 41.4 Å². The van der Waals surface area contributed by atoms with E-state index in [2.05, 4.69) is 20.0 Å². The molecule has 0 bridgehead atoms. The maximum absolute atomic E-state index is 15.2. The molecule has 1 heterocycles. The predicted octanol–water partition coefficient (Wildman–Crippen LogP) is 5.77. The van der Waals surface area contributed by atoms with E-state index in [0.29, 0.717) is 4.90 Å². The number of aromatic nitrogens is 2. The number of alkyl halides is 3. The number of rotatable bonds is 7. The first-order valence-corrected chi connectivity index (χ1v) is 13.1. The van der Waals surface area contributed by atoms with E-state index in [9.17, 15) is 21.6 Å². The van der Waals surface area contributed by atoms with Crippen LogP contribution >= 0.6 is 11.6 Å². The standard InChI is InChI=1S/C25H26ClF4N5O2S/c1-35(2)22-11-16(15-4-3-5-17(10-15)25(28,29)30)6-7-20(22)33-21-13-19(27)23(12-18(21)26)38(36,37)34-24-8-9-31-14-32-24/h3-5,8-10,12-14,16,20,22,33H,6-7,11H2,1-2H3,(H,31,32,34)/t16-,20-,22-/m0/s1/i1D3,2D3. The first-order valence-electron chi connectivity index (χ1n) is 14.3. The number of hydrogen-bond donors (Lipinski definition) is 2. The summed E-state index contributed by atoms with van der Waals surface area (Å²) < 4.78 is 131. The highest BCUT2D eigenvalue weighted by molar-refractivity contribution is 7.92. The number of likely N-dealkylation sites (N-methyl/N-ethyl adjacent to an activating group) is 1. The summed E-state index contributed by atoms with van der Waals surface area (Å²) in [5, 5.41) is 2.60. The van der Waals surface area contributed by atoms with Crippen molar-refractivity contribution in [3.8, 4) is 0 Å². The third kappa shape index (κ3) is 6.36. The molecule has 0 aliphatic heterocycles. The van der Waals surface area contributed by atoms with Gasteiger partial charge in [-0.3, -0.25) is 4.72 Å². The van der Waals surface area contributed by atoms with Crippen LogP contribution in [0.3, 0.4) is 0 Å². The Morgan fingerprint density at radius 1 is 1.16 bits per heavy atom. The normalized spacial score (nSPS) is 23.4. The minimum Gasteiger partial charge on any atom is -0.379 e. The molecule has 38 heavy (non-hydrogen) atoms. The molecule has 204 valence electrons. The van der Waals surface area contributed by atoms with Gasteiger partial charge < -0.3 is 10.2 Å². The van der Waals surface area contributed by atoms with Crippen molar-refractivity contribution in [1.29, 1.82) is 0 Å². The van der Waals surface area contributed by atoms with E-state index in [4.69, 9.17) is 19.8 Å². The Morgan fingerprint density at radius 3 is 2.63 bits per heavy atom. The summed E-state index contributed by atoms with van der Waals surface area (Å²) in [7, 11) is -4.50. The van der Waals surface area contributed by atoms with Gasteiger partial charge in [-0.2, -0.15) is 13.2 Å². The summed E-state index contributed by atoms with van der Waals surface area (Å²) in [4.78, 5) is 6.91. The fourth-order valence-electron chi connectivity index (χ4n) is 4.46. The Bertz CT molecular complexity index is 1580. The molecule has 1 saturated carbocycles. The first-order chi connectivity index (χ1) is 20.3. The van der Waals surface area contributed by atoms with Gasteiger partial charge in [0.1, 0.15) is 22.9 Å². The molecule has 2 aromatic carbocycles. The zero-order chi connectivity index (χ0) is 32.7. The molecule has 3 aromatic rings. The third-order valence-electron chi connectivity index (χ3n) is 6.31. The fourth-order valence-corrected chi connectivity index (χ4v) is 5.84. The summed E-state index contributed by atoms with van der Waals surface area (Å²) >= 11 is 6.33. The second-order valence-electron chi connectivity index (χ2n) is 8.78. The molecule has 1 aliphatic rings. The van der Waals surface area contributed by atoms with Gasteiger partial charge in [-0.05, 0) is 69.0 Å². The second-order valence-corrected chi connectivity index (χ2v) is 10.8. The topological polar surface area (TPSA) is 87.2 Å². The Morgan fingerprint density at radius 2 is 1.95 bits per heavy atom. The quantitative estimate of drug-likeness (QED) is 0.347. The van der Waals surface area contributed by atoms with Crippen LogP contribution < -0.4 is 10.0 Å². The molecule has 0 unspecified atom stereocenters. The van der Waals surface area contributed by atoms with Crippen LogP contribution in [0.15, 0.2) is 59.9 Å². The molecule has 3 atom stereocenters. The lowest BCUT2D eigenvalue weighted by molar-refractivity contribution is -0.137. The highest BCUT2D eigenvalue weighted by Gasteiger charge is 2.35. The maximum Gasteiger partial charge on any atom is 0.416 e. The van der Waals surface area contributed by atoms with Gasteiger partial charge in [0.2, 0.25) is 0 Å². The van der Waals surface area contributed by atoms with Gasteiger partial charge in [0, 0.05) is 26.5 Å². The van der Waals surface area contributed by atoms with Crippen molar-refractivity contribution in [2.75, 3.05) is 24.0 Å². The van der Waals surface area contributed by atoms with E-state index >= 15 is 4.39 Å². The van der Waals surface area contributed by atoms with Crippen LogP contribution in [0.5, 0.6) is 0 Å². The smallest absolute Gasteiger partial charge is 0.379 e. The number of hydrogen-bond acceptors (Lipinski definition) is 6. The molecule has 1 fully saturated rings. The first kappa shape index (κ1) is 20.9. The highest BCUT2D eigenvalue weighted by atomic mass is 35.5. The van der Waals surface area contributed by atoms with Crippen LogP contribution in [-0.2, 0) is 16.2 Å². The van der Waals surface area contributed by atoms with E-state index in [0.717, 1.165) is 30.6 Å². The third-order valence-corrected chi connectivity index (χ3v) is 7.99. The van der Waals surface area contributed by atoms with Gasteiger partial charge in [-0.15, -0.1) is 0 Å². The number of nitrogens with zero attached hydrogens (tertiary/aromatic N) is 3. The van der Waals surface area contributed by atoms with Crippen molar-refractivity contribution < 1.29 is 34.2 Å². The summed E-state index contributed by atoms with van der Waals surface area (Å²) in [6.45, 7) is -6.30. The van der Waals surface area contributed by atoms with Crippen molar-refractivity contribution in [1.82, 2.24) is 14.9 Å². The molecular formula is C25H26ClF4N5O2S. The molecule has 1 aliphatic carbocycles. The summed E-state index contributed by atoms with van der Waals surface area (Å²) in [5.74, 6) is -2.00. The maximum atomic E-state index is 15.2. The average Bonchev–Trinajstić information content (AvgIpc) is 2.89. The van der Waals surface area contributed by atoms with Crippen LogP contribution in [0.25, 0.3) is 0 Å².